The van der Waals surface area contributed by atoms with E-state index in [1.54, 1.807) is 0 Å². The van der Waals surface area contributed by atoms with Gasteiger partial charge in [0.05, 0.1) is 0 Å². The van der Waals surface area contributed by atoms with Gasteiger partial charge in [-0.15, -0.1) is 11.3 Å². The van der Waals surface area contributed by atoms with Gasteiger partial charge in [0.2, 0.25) is 0 Å². The van der Waals surface area contributed by atoms with Crippen LogP contribution in [0.2, 0.25) is 0 Å². The molecule has 1 heterocycles. The minimum atomic E-state index is 0.280. The van der Waals surface area contributed by atoms with E-state index in [0.717, 1.165) is 13.1 Å². The van der Waals surface area contributed by atoms with Crippen LogP contribution in [0.1, 0.15) is 49.8 Å². The van der Waals surface area contributed by atoms with Gasteiger partial charge in [0.1, 0.15) is 0 Å². The second kappa shape index (κ2) is 5.55. The van der Waals surface area contributed by atoms with E-state index in [4.69, 9.17) is 0 Å². The molecule has 2 rings (SSSR count). The molecule has 108 valence electrons. The molecular formula is C16H28N2S. The van der Waals surface area contributed by atoms with Crippen molar-refractivity contribution < 1.29 is 0 Å². The van der Waals surface area contributed by atoms with Crippen molar-refractivity contribution in [3.05, 3.63) is 21.9 Å². The van der Waals surface area contributed by atoms with Gasteiger partial charge in [-0.05, 0) is 50.9 Å². The second-order valence-corrected chi connectivity index (χ2v) is 8.26. The summed E-state index contributed by atoms with van der Waals surface area (Å²) in [5, 5.41) is 3.66. The van der Waals surface area contributed by atoms with Gasteiger partial charge in [-0.25, -0.2) is 0 Å². The van der Waals surface area contributed by atoms with Crippen LogP contribution in [0.4, 0.5) is 0 Å². The third kappa shape index (κ3) is 3.39. The standard InChI is InChI=1S/C16H28N2S/c1-15(2,3)14-8-7-13(19-14)11-17-12-16(18(4)5)9-6-10-16/h7-8,17H,6,9-12H2,1-5H3. The number of hydrogen-bond donors (Lipinski definition) is 1. The first-order valence-corrected chi connectivity index (χ1v) is 8.12. The summed E-state index contributed by atoms with van der Waals surface area (Å²) in [5.41, 5.74) is 0.700. The highest BCUT2D eigenvalue weighted by molar-refractivity contribution is 7.12. The third-order valence-corrected chi connectivity index (χ3v) is 5.90. The Hall–Kier alpha value is -0.380. The molecule has 19 heavy (non-hydrogen) atoms. The van der Waals surface area contributed by atoms with Crippen molar-refractivity contribution in [1.29, 1.82) is 0 Å². The van der Waals surface area contributed by atoms with Crippen LogP contribution in [-0.4, -0.2) is 31.1 Å². The Balaban J connectivity index is 1.84. The van der Waals surface area contributed by atoms with Gasteiger partial charge < -0.3 is 10.2 Å². The summed E-state index contributed by atoms with van der Waals surface area (Å²) in [4.78, 5) is 5.34. The van der Waals surface area contributed by atoms with Gasteiger partial charge in [-0.1, -0.05) is 20.8 Å². The van der Waals surface area contributed by atoms with Gasteiger partial charge in [-0.2, -0.15) is 0 Å². The highest BCUT2D eigenvalue weighted by Crippen LogP contribution is 2.35. The lowest BCUT2D eigenvalue weighted by atomic mass is 9.75. The molecule has 1 N–H and O–H groups in total. The van der Waals surface area contributed by atoms with Crippen LogP contribution in [0.15, 0.2) is 12.1 Å². The van der Waals surface area contributed by atoms with E-state index < -0.39 is 0 Å². The number of nitrogens with zero attached hydrogens (tertiary/aromatic N) is 1. The van der Waals surface area contributed by atoms with E-state index in [1.165, 1.54) is 29.0 Å². The van der Waals surface area contributed by atoms with E-state index in [-0.39, 0.29) is 5.41 Å². The fourth-order valence-corrected chi connectivity index (χ4v) is 3.70. The lowest BCUT2D eigenvalue weighted by Crippen LogP contribution is -2.56. The molecule has 1 aliphatic rings. The molecule has 0 atom stereocenters. The normalized spacial score (nSPS) is 18.6. The smallest absolute Gasteiger partial charge is 0.0328 e. The Morgan fingerprint density at radius 2 is 1.95 bits per heavy atom. The molecule has 1 saturated carbocycles. The average Bonchev–Trinajstić information content (AvgIpc) is 2.69. The van der Waals surface area contributed by atoms with Crippen molar-refractivity contribution in [2.45, 2.75) is 57.5 Å². The summed E-state index contributed by atoms with van der Waals surface area (Å²) in [6.07, 6.45) is 4.06. The summed E-state index contributed by atoms with van der Waals surface area (Å²) in [6, 6.07) is 4.56. The summed E-state index contributed by atoms with van der Waals surface area (Å²) in [7, 11) is 4.42. The molecule has 0 radical (unpaired) electrons. The maximum atomic E-state index is 3.66. The topological polar surface area (TPSA) is 15.3 Å². The Bertz CT molecular complexity index is 411. The molecule has 0 saturated heterocycles. The minimum Gasteiger partial charge on any atom is -0.310 e. The molecular weight excluding hydrogens is 252 g/mol. The maximum absolute atomic E-state index is 3.66. The van der Waals surface area contributed by atoms with Crippen molar-refractivity contribution in [2.75, 3.05) is 20.6 Å². The maximum Gasteiger partial charge on any atom is 0.0328 e. The Kier molecular flexibility index (Phi) is 4.38. The van der Waals surface area contributed by atoms with Crippen molar-refractivity contribution in [3.63, 3.8) is 0 Å². The van der Waals surface area contributed by atoms with Crippen LogP contribution in [-0.2, 0) is 12.0 Å². The fraction of sp³-hybridized carbons (Fsp3) is 0.750. The summed E-state index contributed by atoms with van der Waals surface area (Å²) in [5.74, 6) is 0. The molecule has 2 nitrogen and oxygen atoms in total. The number of likely N-dealkylation sites (N-methyl/N-ethyl adjacent to an activating group) is 1. The quantitative estimate of drug-likeness (QED) is 0.886. The minimum absolute atomic E-state index is 0.280. The number of thiophene rings is 1. The van der Waals surface area contributed by atoms with Crippen molar-refractivity contribution in [2.24, 2.45) is 0 Å². The second-order valence-electron chi connectivity index (χ2n) is 7.09. The first-order chi connectivity index (χ1) is 8.83. The van der Waals surface area contributed by atoms with Crippen LogP contribution < -0.4 is 5.32 Å². The Labute approximate surface area is 122 Å². The molecule has 0 unspecified atom stereocenters. The highest BCUT2D eigenvalue weighted by Gasteiger charge is 2.38. The molecule has 0 aromatic carbocycles. The van der Waals surface area contributed by atoms with Crippen molar-refractivity contribution in [3.8, 4) is 0 Å². The summed E-state index contributed by atoms with van der Waals surface area (Å²) in [6.45, 7) is 8.97. The molecule has 3 heteroatoms. The number of nitrogens with one attached hydrogen (secondary N) is 1. The lowest BCUT2D eigenvalue weighted by molar-refractivity contribution is 0.0599. The first-order valence-electron chi connectivity index (χ1n) is 7.31. The molecule has 0 bridgehead atoms. The van der Waals surface area contributed by atoms with Gasteiger partial charge >= 0.3 is 0 Å². The van der Waals surface area contributed by atoms with E-state index in [9.17, 15) is 0 Å². The zero-order valence-electron chi connectivity index (χ0n) is 13.0. The SMILES string of the molecule is CN(C)C1(CNCc2ccc(C(C)(C)C)s2)CCC1. The largest absolute Gasteiger partial charge is 0.310 e. The summed E-state index contributed by atoms with van der Waals surface area (Å²) >= 11 is 1.95. The van der Waals surface area contributed by atoms with Gasteiger partial charge in [-0.3, -0.25) is 0 Å². The zero-order chi connectivity index (χ0) is 14.1. The molecule has 1 aliphatic carbocycles. The van der Waals surface area contributed by atoms with Crippen LogP contribution in [0.3, 0.4) is 0 Å². The van der Waals surface area contributed by atoms with E-state index >= 15 is 0 Å². The Morgan fingerprint density at radius 1 is 1.26 bits per heavy atom. The predicted molar refractivity (Wildman–Crippen MR) is 85.0 cm³/mol. The van der Waals surface area contributed by atoms with Crippen LogP contribution in [0, 0.1) is 0 Å². The zero-order valence-corrected chi connectivity index (χ0v) is 13.9. The van der Waals surface area contributed by atoms with Crippen LogP contribution in [0.25, 0.3) is 0 Å². The summed E-state index contributed by atoms with van der Waals surface area (Å²) < 4.78 is 0. The fourth-order valence-electron chi connectivity index (χ4n) is 2.66. The molecule has 1 aromatic heterocycles. The number of rotatable bonds is 5. The molecule has 0 amide bonds. The number of hydrogen-bond acceptors (Lipinski definition) is 3. The monoisotopic (exact) mass is 280 g/mol. The van der Waals surface area contributed by atoms with Gasteiger partial charge in [0.25, 0.3) is 0 Å². The van der Waals surface area contributed by atoms with Gasteiger partial charge in [0, 0.05) is 28.4 Å². The van der Waals surface area contributed by atoms with E-state index in [2.05, 4.69) is 57.2 Å². The van der Waals surface area contributed by atoms with Gasteiger partial charge in [0.15, 0.2) is 0 Å². The first kappa shape index (κ1) is 15.0. The van der Waals surface area contributed by atoms with Crippen LogP contribution >= 0.6 is 11.3 Å². The molecule has 1 aromatic rings. The lowest BCUT2D eigenvalue weighted by Gasteiger charge is -2.47. The van der Waals surface area contributed by atoms with E-state index in [1.807, 2.05) is 11.3 Å². The van der Waals surface area contributed by atoms with E-state index in [0.29, 0.717) is 5.54 Å². The predicted octanol–water partition coefficient (Wildman–Crippen LogP) is 3.62. The molecule has 0 aliphatic heterocycles. The average molecular weight is 280 g/mol. The third-order valence-electron chi connectivity index (χ3n) is 4.39. The highest BCUT2D eigenvalue weighted by atomic mass is 32.1. The Morgan fingerprint density at radius 3 is 2.37 bits per heavy atom. The molecule has 1 fully saturated rings. The molecule has 0 spiro atoms. The van der Waals surface area contributed by atoms with Crippen LogP contribution in [0.5, 0.6) is 0 Å². The van der Waals surface area contributed by atoms with Crippen molar-refractivity contribution >= 4 is 11.3 Å². The van der Waals surface area contributed by atoms with Crippen molar-refractivity contribution in [1.82, 2.24) is 10.2 Å².